The van der Waals surface area contributed by atoms with Crippen LogP contribution in [0.25, 0.3) is 0 Å². The van der Waals surface area contributed by atoms with Gasteiger partial charge < -0.3 is 14.5 Å². The largest absolute Gasteiger partial charge is 0.465 e. The molecule has 1 heterocycles. The number of aryl methyl sites for hydroxylation is 1. The molecular weight excluding hydrogens is 262 g/mol. The molecule has 1 aromatic heterocycles. The molecule has 0 saturated heterocycles. The molecule has 0 bridgehead atoms. The fourth-order valence-corrected chi connectivity index (χ4v) is 3.32. The lowest BCUT2D eigenvalue weighted by atomic mass is 9.85. The zero-order valence-electron chi connectivity index (χ0n) is 13.5. The highest BCUT2D eigenvalue weighted by Crippen LogP contribution is 2.29. The summed E-state index contributed by atoms with van der Waals surface area (Å²) >= 11 is 0. The molecule has 0 spiro atoms. The predicted octanol–water partition coefficient (Wildman–Crippen LogP) is 4.33. The highest BCUT2D eigenvalue weighted by Gasteiger charge is 2.23. The topological polar surface area (TPSA) is 34.4 Å². The molecule has 3 heteroatoms. The van der Waals surface area contributed by atoms with Crippen LogP contribution in [-0.2, 0) is 17.9 Å². The lowest BCUT2D eigenvalue weighted by molar-refractivity contribution is 0.00134. The second-order valence-corrected chi connectivity index (χ2v) is 6.82. The fraction of sp³-hybridized carbons (Fsp3) is 0.778. The van der Waals surface area contributed by atoms with Gasteiger partial charge in [0.15, 0.2) is 0 Å². The molecule has 21 heavy (non-hydrogen) atoms. The van der Waals surface area contributed by atoms with Crippen LogP contribution in [0.15, 0.2) is 10.5 Å². The van der Waals surface area contributed by atoms with Crippen molar-refractivity contribution in [1.29, 1.82) is 0 Å². The van der Waals surface area contributed by atoms with Crippen molar-refractivity contribution in [3.05, 3.63) is 23.2 Å². The summed E-state index contributed by atoms with van der Waals surface area (Å²) in [6.45, 7) is 5.91. The Bertz CT molecular complexity index is 450. The normalized spacial score (nSPS) is 26.2. The zero-order chi connectivity index (χ0) is 14.7. The fourth-order valence-electron chi connectivity index (χ4n) is 3.32. The zero-order valence-corrected chi connectivity index (χ0v) is 13.5. The van der Waals surface area contributed by atoms with Crippen LogP contribution in [0.2, 0.25) is 0 Å². The van der Waals surface area contributed by atoms with Crippen molar-refractivity contribution in [2.75, 3.05) is 0 Å². The molecule has 0 aliphatic heterocycles. The number of furan rings is 1. The van der Waals surface area contributed by atoms with Gasteiger partial charge in [-0.15, -0.1) is 0 Å². The van der Waals surface area contributed by atoms with Crippen LogP contribution < -0.4 is 5.32 Å². The van der Waals surface area contributed by atoms with Crippen molar-refractivity contribution in [1.82, 2.24) is 5.32 Å². The third kappa shape index (κ3) is 4.33. The molecule has 0 amide bonds. The van der Waals surface area contributed by atoms with Gasteiger partial charge in [0.25, 0.3) is 0 Å². The average Bonchev–Trinajstić information content (AvgIpc) is 3.27. The van der Waals surface area contributed by atoms with Crippen LogP contribution >= 0.6 is 0 Å². The molecule has 1 aromatic rings. The van der Waals surface area contributed by atoms with E-state index in [-0.39, 0.29) is 0 Å². The highest BCUT2D eigenvalue weighted by molar-refractivity contribution is 5.20. The maximum absolute atomic E-state index is 6.15. The Morgan fingerprint density at radius 1 is 1.29 bits per heavy atom. The van der Waals surface area contributed by atoms with Gasteiger partial charge in [0.2, 0.25) is 0 Å². The van der Waals surface area contributed by atoms with Gasteiger partial charge in [0.05, 0.1) is 19.3 Å². The van der Waals surface area contributed by atoms with E-state index in [1.807, 2.05) is 0 Å². The molecule has 0 radical (unpaired) electrons. The van der Waals surface area contributed by atoms with Gasteiger partial charge in [-0.25, -0.2) is 0 Å². The van der Waals surface area contributed by atoms with E-state index < -0.39 is 0 Å². The van der Waals surface area contributed by atoms with E-state index in [0.29, 0.717) is 12.7 Å². The Hall–Kier alpha value is -0.800. The molecule has 2 atom stereocenters. The number of hydrogen-bond donors (Lipinski definition) is 1. The van der Waals surface area contributed by atoms with Crippen LogP contribution in [0, 0.1) is 12.8 Å². The standard InChI is InChI=1S/C18H29NO2/c1-3-14-5-4-6-17(9-14)20-12-15-10-18(21-13(15)2)11-19-16-7-8-16/h10,14,16-17,19H,3-9,11-12H2,1-2H3. The first-order valence-corrected chi connectivity index (χ1v) is 8.67. The van der Waals surface area contributed by atoms with E-state index in [4.69, 9.17) is 9.15 Å². The van der Waals surface area contributed by atoms with Crippen LogP contribution in [0.5, 0.6) is 0 Å². The van der Waals surface area contributed by atoms with Crippen molar-refractivity contribution >= 4 is 0 Å². The van der Waals surface area contributed by atoms with Gasteiger partial charge in [0.1, 0.15) is 11.5 Å². The first-order valence-electron chi connectivity index (χ1n) is 8.67. The van der Waals surface area contributed by atoms with Crippen molar-refractivity contribution < 1.29 is 9.15 Å². The van der Waals surface area contributed by atoms with Gasteiger partial charge in [-0.2, -0.15) is 0 Å². The maximum Gasteiger partial charge on any atom is 0.118 e. The SMILES string of the molecule is CCC1CCCC(OCc2cc(CNC3CC3)oc2C)C1. The summed E-state index contributed by atoms with van der Waals surface area (Å²) in [6.07, 6.45) is 9.55. The smallest absolute Gasteiger partial charge is 0.118 e. The minimum atomic E-state index is 0.450. The van der Waals surface area contributed by atoms with Crippen molar-refractivity contribution in [2.45, 2.75) is 84.1 Å². The van der Waals surface area contributed by atoms with Crippen LogP contribution in [0.1, 0.15) is 69.0 Å². The minimum absolute atomic E-state index is 0.450. The molecule has 1 N–H and O–H groups in total. The van der Waals surface area contributed by atoms with Crippen LogP contribution in [-0.4, -0.2) is 12.1 Å². The van der Waals surface area contributed by atoms with Gasteiger partial charge in [-0.05, 0) is 44.6 Å². The first kappa shape index (κ1) is 15.1. The molecule has 2 fully saturated rings. The van der Waals surface area contributed by atoms with E-state index in [0.717, 1.165) is 30.0 Å². The number of rotatable bonds is 7. The Morgan fingerprint density at radius 3 is 2.90 bits per heavy atom. The van der Waals surface area contributed by atoms with Crippen molar-refractivity contribution in [3.63, 3.8) is 0 Å². The molecule has 2 saturated carbocycles. The molecule has 2 aliphatic carbocycles. The first-order chi connectivity index (χ1) is 10.2. The third-order valence-corrected chi connectivity index (χ3v) is 5.00. The minimum Gasteiger partial charge on any atom is -0.465 e. The maximum atomic E-state index is 6.15. The molecule has 2 aliphatic rings. The number of nitrogens with one attached hydrogen (secondary N) is 1. The molecule has 0 aromatic carbocycles. The third-order valence-electron chi connectivity index (χ3n) is 5.00. The summed E-state index contributed by atoms with van der Waals surface area (Å²) in [7, 11) is 0. The van der Waals surface area contributed by atoms with E-state index >= 15 is 0 Å². The van der Waals surface area contributed by atoms with Gasteiger partial charge in [-0.3, -0.25) is 0 Å². The summed E-state index contributed by atoms with van der Waals surface area (Å²) in [4.78, 5) is 0. The lowest BCUT2D eigenvalue weighted by Crippen LogP contribution is -2.22. The molecule has 118 valence electrons. The molecule has 3 rings (SSSR count). The Morgan fingerprint density at radius 2 is 2.14 bits per heavy atom. The second-order valence-electron chi connectivity index (χ2n) is 6.82. The van der Waals surface area contributed by atoms with E-state index in [9.17, 15) is 0 Å². The van der Waals surface area contributed by atoms with E-state index in [1.54, 1.807) is 0 Å². The average molecular weight is 291 g/mol. The summed E-state index contributed by atoms with van der Waals surface area (Å²) in [5.41, 5.74) is 1.22. The predicted molar refractivity (Wildman–Crippen MR) is 84.1 cm³/mol. The number of ether oxygens (including phenoxy) is 1. The van der Waals surface area contributed by atoms with Crippen LogP contribution in [0.3, 0.4) is 0 Å². The summed E-state index contributed by atoms with van der Waals surface area (Å²) in [5, 5.41) is 3.50. The van der Waals surface area contributed by atoms with E-state index in [2.05, 4.69) is 25.2 Å². The van der Waals surface area contributed by atoms with Crippen molar-refractivity contribution in [3.8, 4) is 0 Å². The van der Waals surface area contributed by atoms with Gasteiger partial charge >= 0.3 is 0 Å². The summed E-state index contributed by atoms with van der Waals surface area (Å²) in [6, 6.07) is 2.90. The summed E-state index contributed by atoms with van der Waals surface area (Å²) in [5.74, 6) is 2.94. The van der Waals surface area contributed by atoms with Crippen LogP contribution in [0.4, 0.5) is 0 Å². The number of hydrogen-bond acceptors (Lipinski definition) is 3. The quantitative estimate of drug-likeness (QED) is 0.812. The monoisotopic (exact) mass is 291 g/mol. The second kappa shape index (κ2) is 6.97. The van der Waals surface area contributed by atoms with E-state index in [1.165, 1.54) is 50.5 Å². The molecular formula is C18H29NO2. The Kier molecular flexibility index (Phi) is 5.02. The van der Waals surface area contributed by atoms with Crippen molar-refractivity contribution in [2.24, 2.45) is 5.92 Å². The lowest BCUT2D eigenvalue weighted by Gasteiger charge is -2.28. The van der Waals surface area contributed by atoms with Gasteiger partial charge in [-0.1, -0.05) is 26.2 Å². The Labute approximate surface area is 128 Å². The molecule has 3 nitrogen and oxygen atoms in total. The summed E-state index contributed by atoms with van der Waals surface area (Å²) < 4.78 is 12.0. The Balaban J connectivity index is 1.47. The van der Waals surface area contributed by atoms with Gasteiger partial charge in [0, 0.05) is 11.6 Å². The highest BCUT2D eigenvalue weighted by atomic mass is 16.5. The molecule has 2 unspecified atom stereocenters.